The highest BCUT2D eigenvalue weighted by atomic mass is 35.5. The molecule has 0 spiro atoms. The van der Waals surface area contributed by atoms with Gasteiger partial charge in [-0.05, 0) is 30.7 Å². The van der Waals surface area contributed by atoms with E-state index in [4.69, 9.17) is 17.3 Å². The quantitative estimate of drug-likeness (QED) is 0.863. The van der Waals surface area contributed by atoms with Crippen molar-refractivity contribution in [3.05, 3.63) is 34.6 Å². The van der Waals surface area contributed by atoms with Crippen molar-refractivity contribution in [3.63, 3.8) is 0 Å². The Balaban J connectivity index is 3.08. The number of hydrogen-bond acceptors (Lipinski definition) is 3. The highest BCUT2D eigenvalue weighted by Gasteiger charge is 2.48. The van der Waals surface area contributed by atoms with Gasteiger partial charge in [-0.25, -0.2) is 9.18 Å². The van der Waals surface area contributed by atoms with Gasteiger partial charge in [0.05, 0.1) is 6.61 Å². The number of ether oxygens (including phenoxy) is 1. The monoisotopic (exact) mass is 281 g/mol. The highest BCUT2D eigenvalue weighted by Crippen LogP contribution is 2.34. The molecular formula is C11H11ClF3NO2. The zero-order valence-corrected chi connectivity index (χ0v) is 10.2. The van der Waals surface area contributed by atoms with E-state index in [9.17, 15) is 18.0 Å². The van der Waals surface area contributed by atoms with Crippen molar-refractivity contribution in [2.24, 2.45) is 5.73 Å². The summed E-state index contributed by atoms with van der Waals surface area (Å²) in [5.41, 5.74) is 4.92. The summed E-state index contributed by atoms with van der Waals surface area (Å²) < 4.78 is 44.4. The molecule has 1 rings (SSSR count). The van der Waals surface area contributed by atoms with E-state index >= 15 is 0 Å². The van der Waals surface area contributed by atoms with Crippen LogP contribution >= 0.6 is 11.6 Å². The van der Waals surface area contributed by atoms with Crippen molar-refractivity contribution in [3.8, 4) is 0 Å². The molecular weight excluding hydrogens is 271 g/mol. The number of nitrogens with two attached hydrogens (primary N) is 1. The molecule has 0 heterocycles. The molecule has 0 saturated carbocycles. The molecule has 100 valence electrons. The van der Waals surface area contributed by atoms with Gasteiger partial charge in [-0.3, -0.25) is 0 Å². The Kier molecular flexibility index (Phi) is 4.59. The van der Waals surface area contributed by atoms with Gasteiger partial charge in [-0.15, -0.1) is 0 Å². The summed E-state index contributed by atoms with van der Waals surface area (Å²) in [4.78, 5) is 11.1. The smallest absolute Gasteiger partial charge is 0.379 e. The minimum atomic E-state index is -3.98. The van der Waals surface area contributed by atoms with Crippen molar-refractivity contribution in [1.82, 2.24) is 0 Å². The van der Waals surface area contributed by atoms with Gasteiger partial charge in [0, 0.05) is 5.02 Å². The molecule has 0 unspecified atom stereocenters. The number of alkyl halides is 2. The molecule has 2 N–H and O–H groups in total. The van der Waals surface area contributed by atoms with Crippen LogP contribution in [0.4, 0.5) is 13.2 Å². The Morgan fingerprint density at radius 1 is 1.56 bits per heavy atom. The molecule has 18 heavy (non-hydrogen) atoms. The fourth-order valence-corrected chi connectivity index (χ4v) is 1.54. The van der Waals surface area contributed by atoms with E-state index in [-0.39, 0.29) is 17.2 Å². The van der Waals surface area contributed by atoms with Crippen LogP contribution in [0, 0.1) is 5.82 Å². The van der Waals surface area contributed by atoms with Gasteiger partial charge in [-0.2, -0.15) is 8.78 Å². The van der Waals surface area contributed by atoms with Crippen molar-refractivity contribution < 1.29 is 22.7 Å². The topological polar surface area (TPSA) is 52.3 Å². The average Bonchev–Trinajstić information content (AvgIpc) is 2.31. The molecule has 0 aliphatic carbocycles. The molecule has 1 aromatic rings. The number of carbonyl (C=O) groups is 1. The summed E-state index contributed by atoms with van der Waals surface area (Å²) in [7, 11) is 0. The van der Waals surface area contributed by atoms with E-state index in [0.29, 0.717) is 0 Å². The molecule has 0 aliphatic heterocycles. The second-order valence-electron chi connectivity index (χ2n) is 3.49. The van der Waals surface area contributed by atoms with Crippen LogP contribution < -0.4 is 5.73 Å². The van der Waals surface area contributed by atoms with E-state index in [1.54, 1.807) is 0 Å². The first-order valence-electron chi connectivity index (χ1n) is 5.06. The van der Waals surface area contributed by atoms with E-state index in [1.807, 2.05) is 0 Å². The summed E-state index contributed by atoms with van der Waals surface area (Å²) in [5, 5.41) is -0.145. The normalized spacial score (nSPS) is 13.2. The lowest BCUT2D eigenvalue weighted by Crippen LogP contribution is -2.41. The summed E-state index contributed by atoms with van der Waals surface area (Å²) in [6.07, 6.45) is 0. The molecule has 1 atom stereocenters. The summed E-state index contributed by atoms with van der Waals surface area (Å²) in [5.74, 6) is -6.52. The fraction of sp³-hybridized carbons (Fsp3) is 0.364. The largest absolute Gasteiger partial charge is 0.462 e. The van der Waals surface area contributed by atoms with Gasteiger partial charge in [0.2, 0.25) is 0 Å². The van der Waals surface area contributed by atoms with Crippen LogP contribution in [-0.2, 0) is 9.53 Å². The first-order chi connectivity index (χ1) is 8.30. The van der Waals surface area contributed by atoms with Crippen molar-refractivity contribution in [2.45, 2.75) is 18.9 Å². The maximum atomic E-state index is 13.6. The van der Waals surface area contributed by atoms with Crippen LogP contribution in [0.3, 0.4) is 0 Å². The van der Waals surface area contributed by atoms with Crippen LogP contribution in [0.25, 0.3) is 0 Å². The Labute approximate surface area is 107 Å². The number of hydrogen-bond donors (Lipinski definition) is 1. The van der Waals surface area contributed by atoms with Gasteiger partial charge >= 0.3 is 11.9 Å². The van der Waals surface area contributed by atoms with Gasteiger partial charge in [0.25, 0.3) is 0 Å². The van der Waals surface area contributed by atoms with E-state index in [2.05, 4.69) is 4.74 Å². The average molecular weight is 282 g/mol. The van der Waals surface area contributed by atoms with Gasteiger partial charge in [-0.1, -0.05) is 11.6 Å². The zero-order valence-electron chi connectivity index (χ0n) is 9.42. The zero-order chi connectivity index (χ0) is 13.9. The van der Waals surface area contributed by atoms with Crippen molar-refractivity contribution in [1.29, 1.82) is 0 Å². The first kappa shape index (κ1) is 14.8. The lowest BCUT2D eigenvalue weighted by Gasteiger charge is -2.22. The van der Waals surface area contributed by atoms with E-state index in [0.717, 1.165) is 18.2 Å². The maximum absolute atomic E-state index is 13.6. The standard InChI is InChI=1S/C11H11ClF3NO2/c1-2-18-10(17)11(14,15)9(16)7-5-6(13)3-4-8(7)12/h3-5,9H,2,16H2,1H3/t9-/m1/s1. The summed E-state index contributed by atoms with van der Waals surface area (Å²) in [6, 6.07) is 0.786. The third-order valence-corrected chi connectivity index (χ3v) is 2.58. The molecule has 0 radical (unpaired) electrons. The Morgan fingerprint density at radius 2 is 2.17 bits per heavy atom. The molecule has 0 bridgehead atoms. The SMILES string of the molecule is CCOC(=O)C(F)(F)[C@H](N)c1cc(F)ccc1Cl. The minimum absolute atomic E-state index is 0.145. The number of benzene rings is 1. The maximum Gasteiger partial charge on any atom is 0.379 e. The predicted octanol–water partition coefficient (Wildman–Crippen LogP) is 2.68. The molecule has 0 fully saturated rings. The molecule has 7 heteroatoms. The number of halogens is 4. The van der Waals surface area contributed by atoms with Crippen molar-refractivity contribution in [2.75, 3.05) is 6.61 Å². The summed E-state index contributed by atoms with van der Waals surface area (Å²) in [6.45, 7) is 1.17. The molecule has 0 amide bonds. The molecule has 3 nitrogen and oxygen atoms in total. The van der Waals surface area contributed by atoms with Crippen LogP contribution in [0.1, 0.15) is 18.5 Å². The summed E-state index contributed by atoms with van der Waals surface area (Å²) >= 11 is 5.65. The van der Waals surface area contributed by atoms with Crippen LogP contribution in [0.2, 0.25) is 5.02 Å². The van der Waals surface area contributed by atoms with Crippen LogP contribution in [-0.4, -0.2) is 18.5 Å². The Morgan fingerprint density at radius 3 is 2.72 bits per heavy atom. The number of carbonyl (C=O) groups excluding carboxylic acids is 1. The van der Waals surface area contributed by atoms with Gasteiger partial charge < -0.3 is 10.5 Å². The van der Waals surface area contributed by atoms with E-state index < -0.39 is 23.8 Å². The first-order valence-corrected chi connectivity index (χ1v) is 5.44. The predicted molar refractivity (Wildman–Crippen MR) is 59.9 cm³/mol. The minimum Gasteiger partial charge on any atom is -0.462 e. The Hall–Kier alpha value is -1.27. The molecule has 1 aromatic carbocycles. The van der Waals surface area contributed by atoms with Crippen LogP contribution in [0.15, 0.2) is 18.2 Å². The molecule has 0 saturated heterocycles. The second kappa shape index (κ2) is 5.58. The lowest BCUT2D eigenvalue weighted by atomic mass is 10.0. The second-order valence-corrected chi connectivity index (χ2v) is 3.89. The third kappa shape index (κ3) is 2.94. The van der Waals surface area contributed by atoms with Crippen LogP contribution in [0.5, 0.6) is 0 Å². The fourth-order valence-electron chi connectivity index (χ4n) is 1.30. The van der Waals surface area contributed by atoms with Gasteiger partial charge in [0.15, 0.2) is 0 Å². The lowest BCUT2D eigenvalue weighted by molar-refractivity contribution is -0.174. The molecule has 0 aliphatic rings. The van der Waals surface area contributed by atoms with Crippen molar-refractivity contribution >= 4 is 17.6 Å². The van der Waals surface area contributed by atoms with E-state index in [1.165, 1.54) is 6.92 Å². The highest BCUT2D eigenvalue weighted by molar-refractivity contribution is 6.31. The number of esters is 1. The Bertz CT molecular complexity index is 454. The number of rotatable bonds is 4. The third-order valence-electron chi connectivity index (χ3n) is 2.23. The van der Waals surface area contributed by atoms with Gasteiger partial charge in [0.1, 0.15) is 11.9 Å². The molecule has 0 aromatic heterocycles.